The second kappa shape index (κ2) is 5.67. The number of Topliss-reactive ketones (excluding diaryl/α,β-unsaturated/α-hetero) is 1. The zero-order valence-electron chi connectivity index (χ0n) is 14.5. The molecule has 1 aliphatic heterocycles. The van der Waals surface area contributed by atoms with Gasteiger partial charge < -0.3 is 15.4 Å². The summed E-state index contributed by atoms with van der Waals surface area (Å²) in [5, 5.41) is 12.9. The quantitative estimate of drug-likeness (QED) is 0.578. The lowest BCUT2D eigenvalue weighted by Crippen LogP contribution is -2.36. The number of carbonyl (C=O) groups is 1. The van der Waals surface area contributed by atoms with Crippen LogP contribution in [0.1, 0.15) is 43.7 Å². The van der Waals surface area contributed by atoms with Crippen molar-refractivity contribution >= 4 is 23.8 Å². The van der Waals surface area contributed by atoms with Gasteiger partial charge in [-0.3, -0.25) is 14.6 Å². The molecule has 1 aromatic heterocycles. The van der Waals surface area contributed by atoms with Gasteiger partial charge >= 0.3 is 0 Å². The Balaban J connectivity index is 2.00. The van der Waals surface area contributed by atoms with Crippen LogP contribution in [-0.4, -0.2) is 20.9 Å². The van der Waals surface area contributed by atoms with Crippen molar-refractivity contribution in [3.63, 3.8) is 0 Å². The molecule has 6 nitrogen and oxygen atoms in total. The summed E-state index contributed by atoms with van der Waals surface area (Å²) in [7, 11) is 0. The minimum absolute atomic E-state index is 0.0364. The molecule has 1 aliphatic carbocycles. The number of allylic oxidation sites excluding steroid dienone is 2. The molecule has 0 radical (unpaired) electrons. The third kappa shape index (κ3) is 2.68. The van der Waals surface area contributed by atoms with E-state index in [1.807, 2.05) is 0 Å². The van der Waals surface area contributed by atoms with Crippen LogP contribution in [0.15, 0.2) is 40.3 Å². The Morgan fingerprint density at radius 1 is 1.12 bits per heavy atom. The van der Waals surface area contributed by atoms with Crippen LogP contribution in [0.4, 0.5) is 5.82 Å². The van der Waals surface area contributed by atoms with Crippen molar-refractivity contribution in [2.24, 2.45) is 5.41 Å². The number of fused-ring (bicyclic) bond motifs is 1. The third-order valence-electron chi connectivity index (χ3n) is 4.98. The van der Waals surface area contributed by atoms with Gasteiger partial charge in [0.1, 0.15) is 11.6 Å². The van der Waals surface area contributed by atoms with Gasteiger partial charge in [0.15, 0.2) is 10.6 Å². The summed E-state index contributed by atoms with van der Waals surface area (Å²) in [5.74, 6) is 0.200. The molecular weight excluding hydrogens is 350 g/mol. The second-order valence-electron chi connectivity index (χ2n) is 7.68. The number of H-pyrrole nitrogens is 2. The van der Waals surface area contributed by atoms with E-state index in [1.165, 1.54) is 0 Å². The zero-order valence-corrected chi connectivity index (χ0v) is 15.3. The number of anilines is 1. The van der Waals surface area contributed by atoms with Crippen molar-refractivity contribution < 1.29 is 9.90 Å². The van der Waals surface area contributed by atoms with Gasteiger partial charge in [-0.15, -0.1) is 0 Å². The summed E-state index contributed by atoms with van der Waals surface area (Å²) in [4.78, 5) is 31.3. The standard InChI is InChI=1S/C19H19N3O3S/c1-19(2)7-11-14(12(24)8-19)13(9-3-5-10(23)6-4-9)15-16(20-11)21-18(26)22-17(15)25/h3-6,13,23H,7-8H2,1-2H3,(H3,20,21,22,25,26)/t13-/m1/s1. The van der Waals surface area contributed by atoms with Crippen LogP contribution in [-0.2, 0) is 4.79 Å². The van der Waals surface area contributed by atoms with Gasteiger partial charge in [-0.25, -0.2) is 0 Å². The summed E-state index contributed by atoms with van der Waals surface area (Å²) in [5.41, 5.74) is 2.20. The third-order valence-corrected chi connectivity index (χ3v) is 5.18. The number of aromatic nitrogens is 2. The van der Waals surface area contributed by atoms with E-state index in [2.05, 4.69) is 29.1 Å². The van der Waals surface area contributed by atoms with E-state index in [9.17, 15) is 14.7 Å². The van der Waals surface area contributed by atoms with Gasteiger partial charge in [0.2, 0.25) is 0 Å². The number of nitrogens with one attached hydrogen (secondary N) is 3. The first kappa shape index (κ1) is 16.8. The molecule has 2 heterocycles. The smallest absolute Gasteiger partial charge is 0.257 e. The highest BCUT2D eigenvalue weighted by molar-refractivity contribution is 7.71. The Labute approximate surface area is 155 Å². The SMILES string of the molecule is CC1(C)CC(=O)C2=C(C1)Nc1[nH]c(=S)[nH]c(=O)c1[C@@H]2c1ccc(O)cc1. The van der Waals surface area contributed by atoms with E-state index in [-0.39, 0.29) is 27.3 Å². The minimum Gasteiger partial charge on any atom is -0.508 e. The van der Waals surface area contributed by atoms with Crippen LogP contribution < -0.4 is 10.9 Å². The molecule has 0 spiro atoms. The molecule has 4 N–H and O–H groups in total. The molecule has 0 saturated heterocycles. The van der Waals surface area contributed by atoms with Crippen LogP contribution in [0.3, 0.4) is 0 Å². The Hall–Kier alpha value is -2.67. The molecule has 2 aliphatic rings. The van der Waals surface area contributed by atoms with Crippen molar-refractivity contribution in [3.8, 4) is 5.75 Å². The molecule has 4 rings (SSSR count). The topological polar surface area (TPSA) is 98.0 Å². The number of phenols is 1. The van der Waals surface area contributed by atoms with Gasteiger partial charge in [-0.1, -0.05) is 26.0 Å². The number of carbonyl (C=O) groups excluding carboxylic acids is 1. The largest absolute Gasteiger partial charge is 0.508 e. The summed E-state index contributed by atoms with van der Waals surface area (Å²) in [6.07, 6.45) is 1.13. The van der Waals surface area contributed by atoms with Crippen LogP contribution in [0.25, 0.3) is 0 Å². The number of ketones is 1. The van der Waals surface area contributed by atoms with Crippen molar-refractivity contribution in [3.05, 3.63) is 61.8 Å². The Morgan fingerprint density at radius 3 is 2.50 bits per heavy atom. The first-order valence-electron chi connectivity index (χ1n) is 8.44. The fourth-order valence-corrected chi connectivity index (χ4v) is 4.14. The highest BCUT2D eigenvalue weighted by Gasteiger charge is 2.41. The number of aromatic amines is 2. The molecule has 0 amide bonds. The van der Waals surface area contributed by atoms with Gasteiger partial charge in [0, 0.05) is 23.6 Å². The van der Waals surface area contributed by atoms with Gasteiger partial charge in [-0.2, -0.15) is 0 Å². The lowest BCUT2D eigenvalue weighted by molar-refractivity contribution is -0.118. The normalized spacial score (nSPS) is 21.0. The lowest BCUT2D eigenvalue weighted by atomic mass is 9.69. The highest BCUT2D eigenvalue weighted by Crippen LogP contribution is 2.47. The first-order chi connectivity index (χ1) is 12.2. The average Bonchev–Trinajstić information content (AvgIpc) is 2.52. The first-order valence-corrected chi connectivity index (χ1v) is 8.85. The maximum absolute atomic E-state index is 13.0. The number of hydrogen-bond acceptors (Lipinski definition) is 5. The van der Waals surface area contributed by atoms with Gasteiger partial charge in [0.05, 0.1) is 5.56 Å². The molecular formula is C19H19N3O3S. The van der Waals surface area contributed by atoms with Crippen LogP contribution in [0.2, 0.25) is 0 Å². The van der Waals surface area contributed by atoms with Crippen molar-refractivity contribution in [2.75, 3.05) is 5.32 Å². The van der Waals surface area contributed by atoms with E-state index >= 15 is 0 Å². The van der Waals surface area contributed by atoms with E-state index in [1.54, 1.807) is 24.3 Å². The highest BCUT2D eigenvalue weighted by atomic mass is 32.1. The molecule has 0 bridgehead atoms. The molecule has 0 saturated carbocycles. The summed E-state index contributed by atoms with van der Waals surface area (Å²) >= 11 is 5.11. The van der Waals surface area contributed by atoms with Crippen molar-refractivity contribution in [2.45, 2.75) is 32.6 Å². The van der Waals surface area contributed by atoms with Crippen LogP contribution in [0, 0.1) is 10.2 Å². The van der Waals surface area contributed by atoms with E-state index < -0.39 is 5.92 Å². The van der Waals surface area contributed by atoms with Crippen LogP contribution in [0.5, 0.6) is 5.75 Å². The number of rotatable bonds is 1. The fourth-order valence-electron chi connectivity index (χ4n) is 3.95. The van der Waals surface area contributed by atoms with E-state index in [0.717, 1.165) is 11.3 Å². The Bertz CT molecular complexity index is 1060. The monoisotopic (exact) mass is 369 g/mol. The fraction of sp³-hybridized carbons (Fsp3) is 0.316. The minimum atomic E-state index is -0.499. The van der Waals surface area contributed by atoms with E-state index in [0.29, 0.717) is 29.8 Å². The Morgan fingerprint density at radius 2 is 1.81 bits per heavy atom. The summed E-state index contributed by atoms with van der Waals surface area (Å²) in [6.45, 7) is 4.11. The molecule has 2 aromatic rings. The molecule has 26 heavy (non-hydrogen) atoms. The zero-order chi connectivity index (χ0) is 18.6. The summed E-state index contributed by atoms with van der Waals surface area (Å²) in [6, 6.07) is 6.61. The summed E-state index contributed by atoms with van der Waals surface area (Å²) < 4.78 is 0.233. The number of aromatic hydroxyl groups is 1. The second-order valence-corrected chi connectivity index (χ2v) is 8.09. The molecule has 1 aromatic carbocycles. The maximum Gasteiger partial charge on any atom is 0.257 e. The number of benzene rings is 1. The molecule has 1 atom stereocenters. The number of hydrogen-bond donors (Lipinski definition) is 4. The lowest BCUT2D eigenvalue weighted by Gasteiger charge is -2.38. The average molecular weight is 369 g/mol. The Kier molecular flexibility index (Phi) is 3.66. The van der Waals surface area contributed by atoms with Crippen LogP contribution >= 0.6 is 12.2 Å². The predicted octanol–water partition coefficient (Wildman–Crippen LogP) is 3.34. The van der Waals surface area contributed by atoms with Crippen molar-refractivity contribution in [1.29, 1.82) is 0 Å². The van der Waals surface area contributed by atoms with Crippen molar-refractivity contribution in [1.82, 2.24) is 9.97 Å². The molecule has 0 unspecified atom stereocenters. The molecule has 134 valence electrons. The van der Waals surface area contributed by atoms with Gasteiger partial charge in [0.25, 0.3) is 5.56 Å². The maximum atomic E-state index is 13.0. The predicted molar refractivity (Wildman–Crippen MR) is 101 cm³/mol. The number of phenolic OH excluding ortho intramolecular Hbond substituents is 1. The van der Waals surface area contributed by atoms with E-state index in [4.69, 9.17) is 12.2 Å². The molecule has 7 heteroatoms. The molecule has 0 fully saturated rings. The van der Waals surface area contributed by atoms with Gasteiger partial charge in [-0.05, 0) is 41.7 Å².